The van der Waals surface area contributed by atoms with Crippen molar-refractivity contribution < 1.29 is 22.7 Å². The van der Waals surface area contributed by atoms with Crippen molar-refractivity contribution in [2.45, 2.75) is 30.8 Å². The lowest BCUT2D eigenvalue weighted by Crippen LogP contribution is -2.51. The highest BCUT2D eigenvalue weighted by atomic mass is 35.5. The summed E-state index contributed by atoms with van der Waals surface area (Å²) in [5.74, 6) is -0.658. The van der Waals surface area contributed by atoms with Gasteiger partial charge in [-0.3, -0.25) is 13.9 Å². The first-order valence-corrected chi connectivity index (χ1v) is 14.5. The number of sulfonamides is 1. The maximum absolute atomic E-state index is 13.9. The third-order valence-electron chi connectivity index (χ3n) is 6.00. The van der Waals surface area contributed by atoms with Crippen LogP contribution in [-0.2, 0) is 26.2 Å². The minimum Gasteiger partial charge on any atom is -0.495 e. The number of benzene rings is 3. The van der Waals surface area contributed by atoms with E-state index in [9.17, 15) is 18.0 Å². The van der Waals surface area contributed by atoms with E-state index in [4.69, 9.17) is 39.5 Å². The summed E-state index contributed by atoms with van der Waals surface area (Å²) in [5, 5.41) is 3.37. The van der Waals surface area contributed by atoms with E-state index in [1.807, 2.05) is 0 Å². The van der Waals surface area contributed by atoms with Crippen LogP contribution in [0.15, 0.2) is 71.6 Å². The van der Waals surface area contributed by atoms with Gasteiger partial charge in [0.25, 0.3) is 10.0 Å². The van der Waals surface area contributed by atoms with Gasteiger partial charge in [0.15, 0.2) is 0 Å². The quantitative estimate of drug-likeness (QED) is 0.313. The number of rotatable bonds is 11. The van der Waals surface area contributed by atoms with Crippen molar-refractivity contribution in [1.29, 1.82) is 0 Å². The average Bonchev–Trinajstić information content (AvgIpc) is 2.93. The third-order valence-corrected chi connectivity index (χ3v) is 8.83. The van der Waals surface area contributed by atoms with E-state index in [-0.39, 0.29) is 33.6 Å². The molecule has 3 rings (SSSR count). The molecule has 39 heavy (non-hydrogen) atoms. The first-order valence-electron chi connectivity index (χ1n) is 11.9. The topological polar surface area (TPSA) is 96.0 Å². The fourth-order valence-electron chi connectivity index (χ4n) is 3.98. The summed E-state index contributed by atoms with van der Waals surface area (Å²) in [6, 6.07) is 16.2. The van der Waals surface area contributed by atoms with Crippen LogP contribution in [0.3, 0.4) is 0 Å². The van der Waals surface area contributed by atoms with Crippen LogP contribution in [0.25, 0.3) is 0 Å². The Balaban J connectivity index is 2.09. The molecule has 0 aromatic heterocycles. The molecule has 0 radical (unpaired) electrons. The van der Waals surface area contributed by atoms with Crippen molar-refractivity contribution in [3.63, 3.8) is 0 Å². The number of hydrogen-bond donors (Lipinski definition) is 1. The van der Waals surface area contributed by atoms with E-state index in [1.165, 1.54) is 49.4 Å². The zero-order chi connectivity index (χ0) is 28.7. The number of anilines is 1. The SMILES string of the molecule is CC[C@@H](C(=O)NC)N(Cc1ccc(Cl)c(Cl)c1)C(=O)CN(c1ccc(OC)c(Cl)c1)S(=O)(=O)c1ccccc1. The molecular weight excluding hydrogens is 585 g/mol. The maximum Gasteiger partial charge on any atom is 0.264 e. The van der Waals surface area contributed by atoms with Crippen molar-refractivity contribution in [1.82, 2.24) is 10.2 Å². The number of halogens is 3. The van der Waals surface area contributed by atoms with Crippen LogP contribution >= 0.6 is 34.8 Å². The standard InChI is InChI=1S/C27H28Cl3N3O5S/c1-4-24(27(35)31-2)32(16-18-10-12-21(28)22(29)14-18)26(34)17-33(19-11-13-25(38-3)23(30)15-19)39(36,37)20-8-6-5-7-9-20/h5-15,24H,4,16-17H2,1-3H3,(H,31,35)/t24-/m0/s1. The van der Waals surface area contributed by atoms with E-state index in [0.717, 1.165) is 4.31 Å². The lowest BCUT2D eigenvalue weighted by atomic mass is 10.1. The van der Waals surface area contributed by atoms with Gasteiger partial charge in [-0.1, -0.05) is 66.0 Å². The molecule has 0 saturated carbocycles. The van der Waals surface area contributed by atoms with Crippen LogP contribution in [0.1, 0.15) is 18.9 Å². The van der Waals surface area contributed by atoms with Crippen LogP contribution in [0.4, 0.5) is 5.69 Å². The van der Waals surface area contributed by atoms with Gasteiger partial charge in [0.2, 0.25) is 11.8 Å². The zero-order valence-electron chi connectivity index (χ0n) is 21.5. The molecule has 1 atom stereocenters. The van der Waals surface area contributed by atoms with Gasteiger partial charge in [-0.25, -0.2) is 8.42 Å². The van der Waals surface area contributed by atoms with Crippen LogP contribution in [0, 0.1) is 0 Å². The Labute approximate surface area is 243 Å². The molecule has 208 valence electrons. The average molecular weight is 613 g/mol. The second-order valence-corrected chi connectivity index (χ2v) is 11.5. The molecule has 8 nitrogen and oxygen atoms in total. The summed E-state index contributed by atoms with van der Waals surface area (Å²) in [4.78, 5) is 28.0. The van der Waals surface area contributed by atoms with Gasteiger partial charge in [-0.15, -0.1) is 0 Å². The molecule has 3 aromatic rings. The molecule has 0 aliphatic rings. The summed E-state index contributed by atoms with van der Waals surface area (Å²) in [5.41, 5.74) is 0.769. The second kappa shape index (κ2) is 13.4. The molecule has 0 aliphatic carbocycles. The molecule has 3 aromatic carbocycles. The molecule has 12 heteroatoms. The van der Waals surface area contributed by atoms with E-state index >= 15 is 0 Å². The lowest BCUT2D eigenvalue weighted by Gasteiger charge is -2.33. The van der Waals surface area contributed by atoms with E-state index < -0.39 is 34.4 Å². The van der Waals surface area contributed by atoms with E-state index in [1.54, 1.807) is 43.3 Å². The van der Waals surface area contributed by atoms with Gasteiger partial charge in [-0.05, 0) is 54.4 Å². The van der Waals surface area contributed by atoms with Gasteiger partial charge < -0.3 is 15.0 Å². The summed E-state index contributed by atoms with van der Waals surface area (Å²) in [6.45, 7) is 1.15. The monoisotopic (exact) mass is 611 g/mol. The van der Waals surface area contributed by atoms with Gasteiger partial charge >= 0.3 is 0 Å². The number of carbonyl (C=O) groups excluding carboxylic acids is 2. The molecule has 0 aliphatic heterocycles. The maximum atomic E-state index is 13.9. The fourth-order valence-corrected chi connectivity index (χ4v) is 5.98. The highest BCUT2D eigenvalue weighted by molar-refractivity contribution is 7.92. The first-order chi connectivity index (χ1) is 18.5. The van der Waals surface area contributed by atoms with Gasteiger partial charge in [0.1, 0.15) is 18.3 Å². The lowest BCUT2D eigenvalue weighted by molar-refractivity contribution is -0.140. The number of hydrogen-bond acceptors (Lipinski definition) is 5. The van der Waals surface area contributed by atoms with Crippen LogP contribution in [0.5, 0.6) is 5.75 Å². The first kappa shape index (κ1) is 30.6. The van der Waals surface area contributed by atoms with Crippen LogP contribution < -0.4 is 14.4 Å². The van der Waals surface area contributed by atoms with Gasteiger partial charge in [0, 0.05) is 13.6 Å². The molecule has 0 bridgehead atoms. The van der Waals surface area contributed by atoms with Gasteiger partial charge in [0.05, 0.1) is 32.8 Å². The van der Waals surface area contributed by atoms with Crippen molar-refractivity contribution in [3.05, 3.63) is 87.4 Å². The largest absolute Gasteiger partial charge is 0.495 e. The number of nitrogens with one attached hydrogen (secondary N) is 1. The van der Waals surface area contributed by atoms with Gasteiger partial charge in [-0.2, -0.15) is 0 Å². The second-order valence-electron chi connectivity index (χ2n) is 8.45. The van der Waals surface area contributed by atoms with Crippen molar-refractivity contribution in [3.8, 4) is 5.75 Å². The Morgan fingerprint density at radius 1 is 0.949 bits per heavy atom. The summed E-state index contributed by atoms with van der Waals surface area (Å²) in [7, 11) is -1.31. The summed E-state index contributed by atoms with van der Waals surface area (Å²) >= 11 is 18.6. The molecule has 0 unspecified atom stereocenters. The Morgan fingerprint density at radius 2 is 1.64 bits per heavy atom. The zero-order valence-corrected chi connectivity index (χ0v) is 24.6. The highest BCUT2D eigenvalue weighted by Crippen LogP contribution is 2.32. The molecule has 0 spiro atoms. The van der Waals surface area contributed by atoms with Crippen molar-refractivity contribution in [2.75, 3.05) is 25.0 Å². The Morgan fingerprint density at radius 3 is 2.21 bits per heavy atom. The third kappa shape index (κ3) is 7.16. The molecule has 0 heterocycles. The predicted octanol–water partition coefficient (Wildman–Crippen LogP) is 5.40. The molecule has 2 amide bonds. The normalized spacial score (nSPS) is 11.9. The van der Waals surface area contributed by atoms with Crippen LogP contribution in [-0.4, -0.2) is 51.9 Å². The van der Waals surface area contributed by atoms with E-state index in [2.05, 4.69) is 5.32 Å². The molecular formula is C27H28Cl3N3O5S. The number of nitrogens with zero attached hydrogens (tertiary/aromatic N) is 2. The number of carbonyl (C=O) groups is 2. The highest BCUT2D eigenvalue weighted by Gasteiger charge is 2.33. The summed E-state index contributed by atoms with van der Waals surface area (Å²) < 4.78 is 33.8. The Kier molecular flexibility index (Phi) is 10.5. The Bertz CT molecular complexity index is 1440. The van der Waals surface area contributed by atoms with Crippen molar-refractivity contribution in [2.24, 2.45) is 0 Å². The minimum atomic E-state index is -4.22. The number of methoxy groups -OCH3 is 1. The van der Waals surface area contributed by atoms with Crippen LogP contribution in [0.2, 0.25) is 15.1 Å². The molecule has 1 N–H and O–H groups in total. The molecule has 0 fully saturated rings. The number of ether oxygens (including phenoxy) is 1. The fraction of sp³-hybridized carbons (Fsp3) is 0.259. The predicted molar refractivity (Wildman–Crippen MR) is 154 cm³/mol. The number of likely N-dealkylation sites (N-methyl/N-ethyl adjacent to an activating group) is 1. The minimum absolute atomic E-state index is 0.00968. The smallest absolute Gasteiger partial charge is 0.264 e. The number of amides is 2. The molecule has 0 saturated heterocycles. The van der Waals surface area contributed by atoms with E-state index in [0.29, 0.717) is 16.3 Å². The summed E-state index contributed by atoms with van der Waals surface area (Å²) in [6.07, 6.45) is 0.284. The Hall–Kier alpha value is -2.98. The van der Waals surface area contributed by atoms with Crippen molar-refractivity contribution >= 4 is 62.3 Å².